The lowest BCUT2D eigenvalue weighted by Crippen LogP contribution is -1.96. The van der Waals surface area contributed by atoms with Crippen LogP contribution in [0, 0.1) is 6.92 Å². The van der Waals surface area contributed by atoms with Gasteiger partial charge < -0.3 is 4.74 Å². The predicted octanol–water partition coefficient (Wildman–Crippen LogP) is 2.96. The molecule has 1 aromatic rings. The minimum atomic E-state index is -0.299. The zero-order valence-corrected chi connectivity index (χ0v) is 9.41. The number of carbonyl (C=O) groups excluding carboxylic acids is 1. The molecule has 80 valence electrons. The molecule has 0 spiro atoms. The van der Waals surface area contributed by atoms with E-state index in [1.165, 1.54) is 12.7 Å². The van der Waals surface area contributed by atoms with Gasteiger partial charge in [-0.25, -0.2) is 4.79 Å². The van der Waals surface area contributed by atoms with Gasteiger partial charge in [-0.15, -0.1) is 0 Å². The second-order valence-corrected chi connectivity index (χ2v) is 3.41. The van der Waals surface area contributed by atoms with Gasteiger partial charge in [-0.05, 0) is 24.5 Å². The van der Waals surface area contributed by atoms with Gasteiger partial charge in [0.25, 0.3) is 0 Å². The monoisotopic (exact) mass is 204 g/mol. The van der Waals surface area contributed by atoms with Crippen molar-refractivity contribution in [1.29, 1.82) is 0 Å². The Morgan fingerprint density at radius 2 is 1.93 bits per heavy atom. The summed E-state index contributed by atoms with van der Waals surface area (Å²) in [5.74, 6) is -0.299. The van der Waals surface area contributed by atoms with Crippen molar-refractivity contribution in [3.8, 4) is 0 Å². The van der Waals surface area contributed by atoms with E-state index >= 15 is 0 Å². The van der Waals surface area contributed by atoms with Crippen LogP contribution in [0.4, 0.5) is 0 Å². The minimum absolute atomic E-state index is 0.299. The summed E-state index contributed by atoms with van der Waals surface area (Å²) in [6.45, 7) is 4.06. The molecule has 2 nitrogen and oxygen atoms in total. The van der Waals surface area contributed by atoms with E-state index in [4.69, 9.17) is 0 Å². The van der Waals surface area contributed by atoms with Gasteiger partial charge >= 0.3 is 5.97 Å². The molecule has 1 aromatic carbocycles. The molecule has 0 atom stereocenters. The first-order valence-corrected chi connectivity index (χ1v) is 5.03. The van der Waals surface area contributed by atoms with Gasteiger partial charge in [0.1, 0.15) is 0 Å². The second kappa shape index (κ2) is 5.35. The molecular formula is C13H16O2. The largest absolute Gasteiger partial charge is 0.466 e. The maximum absolute atomic E-state index is 11.1. The lowest BCUT2D eigenvalue weighted by molar-refractivity contribution is -0.134. The summed E-state index contributed by atoms with van der Waals surface area (Å²) >= 11 is 0. The number of rotatable bonds is 3. The molecule has 0 radical (unpaired) electrons. The van der Waals surface area contributed by atoms with E-state index in [1.54, 1.807) is 6.08 Å². The SMILES string of the molecule is CCC(=CC(=O)OC)c1ccc(C)cc1. The fourth-order valence-corrected chi connectivity index (χ4v) is 1.36. The summed E-state index contributed by atoms with van der Waals surface area (Å²) in [6.07, 6.45) is 2.36. The molecule has 0 aromatic heterocycles. The molecule has 0 saturated heterocycles. The maximum atomic E-state index is 11.1. The number of hydrogen-bond donors (Lipinski definition) is 0. The Labute approximate surface area is 90.6 Å². The lowest BCUT2D eigenvalue weighted by Gasteiger charge is -2.04. The van der Waals surface area contributed by atoms with Gasteiger partial charge in [0, 0.05) is 6.08 Å². The molecule has 0 aliphatic carbocycles. The molecule has 0 bridgehead atoms. The van der Waals surface area contributed by atoms with Crippen molar-refractivity contribution in [2.24, 2.45) is 0 Å². The smallest absolute Gasteiger partial charge is 0.330 e. The third kappa shape index (κ3) is 3.24. The number of carbonyl (C=O) groups is 1. The van der Waals surface area contributed by atoms with Crippen LogP contribution in [0.3, 0.4) is 0 Å². The molecule has 15 heavy (non-hydrogen) atoms. The highest BCUT2D eigenvalue weighted by Gasteiger charge is 2.02. The first kappa shape index (κ1) is 11.5. The van der Waals surface area contributed by atoms with Crippen LogP contribution < -0.4 is 0 Å². The molecule has 1 rings (SSSR count). The van der Waals surface area contributed by atoms with Crippen molar-refractivity contribution in [3.05, 3.63) is 41.5 Å². The minimum Gasteiger partial charge on any atom is -0.466 e. The summed E-state index contributed by atoms with van der Waals surface area (Å²) in [6, 6.07) is 8.12. The summed E-state index contributed by atoms with van der Waals surface area (Å²) in [7, 11) is 1.39. The van der Waals surface area contributed by atoms with Gasteiger partial charge in [-0.1, -0.05) is 36.8 Å². The Morgan fingerprint density at radius 1 is 1.33 bits per heavy atom. The van der Waals surface area contributed by atoms with Crippen molar-refractivity contribution in [3.63, 3.8) is 0 Å². The number of methoxy groups -OCH3 is 1. The highest BCUT2D eigenvalue weighted by Crippen LogP contribution is 2.18. The van der Waals surface area contributed by atoms with Crippen LogP contribution in [0.25, 0.3) is 5.57 Å². The zero-order valence-electron chi connectivity index (χ0n) is 9.41. The quantitative estimate of drug-likeness (QED) is 0.559. The number of ether oxygens (including phenoxy) is 1. The van der Waals surface area contributed by atoms with Gasteiger partial charge in [0.2, 0.25) is 0 Å². The van der Waals surface area contributed by atoms with E-state index in [-0.39, 0.29) is 5.97 Å². The van der Waals surface area contributed by atoms with Crippen LogP contribution in [0.1, 0.15) is 24.5 Å². The molecule has 0 fully saturated rings. The summed E-state index contributed by atoms with van der Waals surface area (Å²) in [4.78, 5) is 11.1. The second-order valence-electron chi connectivity index (χ2n) is 3.41. The highest BCUT2D eigenvalue weighted by molar-refractivity contribution is 5.91. The molecule has 2 heteroatoms. The maximum Gasteiger partial charge on any atom is 0.330 e. The standard InChI is InChI=1S/C13H16O2/c1-4-11(9-13(14)15-3)12-7-5-10(2)6-8-12/h5-9H,4H2,1-3H3. The van der Waals surface area contributed by atoms with Crippen LogP contribution in [-0.4, -0.2) is 13.1 Å². The van der Waals surface area contributed by atoms with Crippen LogP contribution in [0.2, 0.25) is 0 Å². The Balaban J connectivity index is 2.97. The predicted molar refractivity (Wildman–Crippen MR) is 61.5 cm³/mol. The van der Waals surface area contributed by atoms with Crippen LogP contribution in [-0.2, 0) is 9.53 Å². The van der Waals surface area contributed by atoms with Gasteiger partial charge in [0.05, 0.1) is 7.11 Å². The van der Waals surface area contributed by atoms with Crippen LogP contribution >= 0.6 is 0 Å². The number of allylic oxidation sites excluding steroid dienone is 1. The van der Waals surface area contributed by atoms with Crippen molar-refractivity contribution >= 4 is 11.5 Å². The molecule has 0 aliphatic heterocycles. The third-order valence-electron chi connectivity index (χ3n) is 2.30. The van der Waals surface area contributed by atoms with Crippen LogP contribution in [0.15, 0.2) is 30.3 Å². The van der Waals surface area contributed by atoms with E-state index in [2.05, 4.69) is 4.74 Å². The topological polar surface area (TPSA) is 26.3 Å². The molecule has 0 N–H and O–H groups in total. The molecule has 0 unspecified atom stereocenters. The Kier molecular flexibility index (Phi) is 4.10. The van der Waals surface area contributed by atoms with E-state index in [9.17, 15) is 4.79 Å². The van der Waals surface area contributed by atoms with Crippen molar-refractivity contribution in [2.75, 3.05) is 7.11 Å². The molecule has 0 saturated carbocycles. The molecule has 0 amide bonds. The third-order valence-corrected chi connectivity index (χ3v) is 2.30. The van der Waals surface area contributed by atoms with Crippen molar-refractivity contribution < 1.29 is 9.53 Å². The van der Waals surface area contributed by atoms with Gasteiger partial charge in [0.15, 0.2) is 0 Å². The number of benzene rings is 1. The summed E-state index contributed by atoms with van der Waals surface area (Å²) < 4.78 is 4.61. The highest BCUT2D eigenvalue weighted by atomic mass is 16.5. The van der Waals surface area contributed by atoms with E-state index in [1.807, 2.05) is 38.1 Å². The average Bonchev–Trinajstić information content (AvgIpc) is 2.27. The van der Waals surface area contributed by atoms with E-state index in [0.717, 1.165) is 17.6 Å². The van der Waals surface area contributed by atoms with Gasteiger partial charge in [-0.3, -0.25) is 0 Å². The number of esters is 1. The van der Waals surface area contributed by atoms with Gasteiger partial charge in [-0.2, -0.15) is 0 Å². The van der Waals surface area contributed by atoms with Crippen molar-refractivity contribution in [2.45, 2.75) is 20.3 Å². The number of aryl methyl sites for hydroxylation is 1. The Bertz CT molecular complexity index is 361. The Morgan fingerprint density at radius 3 is 2.40 bits per heavy atom. The van der Waals surface area contributed by atoms with Crippen LogP contribution in [0.5, 0.6) is 0 Å². The fourth-order valence-electron chi connectivity index (χ4n) is 1.36. The Hall–Kier alpha value is -1.57. The summed E-state index contributed by atoms with van der Waals surface area (Å²) in [5, 5.41) is 0. The average molecular weight is 204 g/mol. The first-order valence-electron chi connectivity index (χ1n) is 5.03. The first-order chi connectivity index (χ1) is 7.17. The summed E-state index contributed by atoms with van der Waals surface area (Å²) in [5.41, 5.74) is 3.29. The fraction of sp³-hybridized carbons (Fsp3) is 0.308. The van der Waals surface area contributed by atoms with E-state index < -0.39 is 0 Å². The molecule has 0 heterocycles. The molecule has 0 aliphatic rings. The van der Waals surface area contributed by atoms with Crippen molar-refractivity contribution in [1.82, 2.24) is 0 Å². The normalized spacial score (nSPS) is 11.3. The van der Waals surface area contributed by atoms with E-state index in [0.29, 0.717) is 0 Å². The lowest BCUT2D eigenvalue weighted by atomic mass is 10.0. The zero-order chi connectivity index (χ0) is 11.3. The molecular weight excluding hydrogens is 188 g/mol. The number of hydrogen-bond acceptors (Lipinski definition) is 2.